The predicted octanol–water partition coefficient (Wildman–Crippen LogP) is 1.72. The standard InChI is InChI=1S/C21H23BrO9/c1-9-6-13-20(7-27-10(2)23,17(14(9)26)30-12(4)25)19(5)16(22)15(29-11(3)24)18(31-13)21(19)8-28-21/h6,13,17-18H,7-8H2,1-5H3/t13-,17-,18-,19-,20-,21+/m1/s1. The van der Waals surface area contributed by atoms with Crippen LogP contribution in [0.1, 0.15) is 34.6 Å². The molecule has 2 fully saturated rings. The molecule has 2 aliphatic heterocycles. The maximum absolute atomic E-state index is 13.3. The minimum absolute atomic E-state index is 0.240. The lowest BCUT2D eigenvalue weighted by Crippen LogP contribution is -2.72. The van der Waals surface area contributed by atoms with Crippen LogP contribution in [0.15, 0.2) is 21.9 Å². The summed E-state index contributed by atoms with van der Waals surface area (Å²) in [5.41, 5.74) is -3.07. The molecule has 2 aliphatic carbocycles. The van der Waals surface area contributed by atoms with Crippen LogP contribution in [0.5, 0.6) is 0 Å². The number of Topliss-reactive ketones (excluding diaryl/α,β-unsaturated/α-hetero) is 1. The third-order valence-electron chi connectivity index (χ3n) is 6.89. The lowest BCUT2D eigenvalue weighted by molar-refractivity contribution is -0.246. The number of hydrogen-bond donors (Lipinski definition) is 0. The van der Waals surface area contributed by atoms with Gasteiger partial charge in [0, 0.05) is 25.3 Å². The molecule has 2 heterocycles. The summed E-state index contributed by atoms with van der Waals surface area (Å²) in [6.45, 7) is 7.14. The van der Waals surface area contributed by atoms with Gasteiger partial charge >= 0.3 is 17.9 Å². The maximum Gasteiger partial charge on any atom is 0.307 e. The van der Waals surface area contributed by atoms with E-state index in [1.165, 1.54) is 20.8 Å². The fourth-order valence-corrected chi connectivity index (χ4v) is 6.31. The van der Waals surface area contributed by atoms with Crippen LogP contribution in [0.25, 0.3) is 0 Å². The van der Waals surface area contributed by atoms with Crippen molar-refractivity contribution in [1.82, 2.24) is 0 Å². The first-order valence-corrected chi connectivity index (χ1v) is 10.6. The predicted molar refractivity (Wildman–Crippen MR) is 107 cm³/mol. The van der Waals surface area contributed by atoms with Gasteiger partial charge in [0.2, 0.25) is 0 Å². The Morgan fingerprint density at radius 2 is 1.84 bits per heavy atom. The van der Waals surface area contributed by atoms with Gasteiger partial charge in [-0.1, -0.05) is 22.9 Å². The lowest BCUT2D eigenvalue weighted by Gasteiger charge is -2.59. The summed E-state index contributed by atoms with van der Waals surface area (Å²) in [5.74, 6) is -1.95. The Balaban J connectivity index is 1.99. The number of halogens is 1. The normalized spacial score (nSPS) is 40.3. The Hall–Kier alpha value is -2.04. The molecule has 0 amide bonds. The molecular weight excluding hydrogens is 476 g/mol. The van der Waals surface area contributed by atoms with Crippen LogP contribution in [-0.4, -0.2) is 60.8 Å². The van der Waals surface area contributed by atoms with Crippen LogP contribution in [0.3, 0.4) is 0 Å². The SMILES string of the molecule is CC(=O)OC[C@]12[C@H](OC(C)=O)C(=O)C(C)=C[C@H]1O[C@@H]1C(OC(C)=O)=C(Br)[C@@]2(C)[C@]12CO2. The Bertz CT molecular complexity index is 962. The Labute approximate surface area is 187 Å². The highest BCUT2D eigenvalue weighted by atomic mass is 79.9. The summed E-state index contributed by atoms with van der Waals surface area (Å²) in [6, 6.07) is 0. The molecule has 0 aromatic rings. The summed E-state index contributed by atoms with van der Waals surface area (Å²) in [7, 11) is 0. The van der Waals surface area contributed by atoms with Gasteiger partial charge in [-0.2, -0.15) is 0 Å². The monoisotopic (exact) mass is 498 g/mol. The van der Waals surface area contributed by atoms with E-state index in [0.717, 1.165) is 0 Å². The first-order valence-electron chi connectivity index (χ1n) is 9.83. The quantitative estimate of drug-likeness (QED) is 0.324. The zero-order valence-electron chi connectivity index (χ0n) is 17.8. The van der Waals surface area contributed by atoms with Crippen molar-refractivity contribution in [3.8, 4) is 0 Å². The molecule has 6 atom stereocenters. The number of carbonyl (C=O) groups excluding carboxylic acids is 4. The molecule has 10 heteroatoms. The number of esters is 3. The topological polar surface area (TPSA) is 118 Å². The smallest absolute Gasteiger partial charge is 0.307 e. The van der Waals surface area contributed by atoms with E-state index in [0.29, 0.717) is 10.1 Å². The molecule has 0 aromatic carbocycles. The fraction of sp³-hybridized carbons (Fsp3) is 0.619. The zero-order chi connectivity index (χ0) is 22.9. The van der Waals surface area contributed by atoms with E-state index in [1.807, 2.05) is 6.92 Å². The highest BCUT2D eigenvalue weighted by Crippen LogP contribution is 2.74. The number of carbonyl (C=O) groups is 4. The van der Waals surface area contributed by atoms with Crippen LogP contribution >= 0.6 is 15.9 Å². The maximum atomic E-state index is 13.3. The van der Waals surface area contributed by atoms with E-state index in [-0.39, 0.29) is 19.0 Å². The highest BCUT2D eigenvalue weighted by molar-refractivity contribution is 9.11. The molecule has 2 saturated heterocycles. The van der Waals surface area contributed by atoms with Gasteiger partial charge < -0.3 is 23.7 Å². The van der Waals surface area contributed by atoms with Gasteiger partial charge in [-0.25, -0.2) is 0 Å². The van der Waals surface area contributed by atoms with Crippen molar-refractivity contribution in [3.05, 3.63) is 21.9 Å². The third kappa shape index (κ3) is 2.74. The van der Waals surface area contributed by atoms with Crippen molar-refractivity contribution in [2.24, 2.45) is 10.8 Å². The van der Waals surface area contributed by atoms with Crippen LogP contribution in [0.2, 0.25) is 0 Å². The van der Waals surface area contributed by atoms with Gasteiger partial charge in [0.15, 0.2) is 17.6 Å². The average Bonchev–Trinajstić information content (AvgIpc) is 3.45. The molecule has 0 N–H and O–H groups in total. The molecule has 0 saturated carbocycles. The molecule has 0 unspecified atom stereocenters. The van der Waals surface area contributed by atoms with Gasteiger partial charge in [-0.3, -0.25) is 19.2 Å². The number of ether oxygens (including phenoxy) is 5. The van der Waals surface area contributed by atoms with Gasteiger partial charge in [0.25, 0.3) is 0 Å². The van der Waals surface area contributed by atoms with E-state index >= 15 is 0 Å². The van der Waals surface area contributed by atoms with Gasteiger partial charge in [0.1, 0.15) is 18.3 Å². The van der Waals surface area contributed by atoms with Crippen LogP contribution in [-0.2, 0) is 42.9 Å². The van der Waals surface area contributed by atoms with Crippen molar-refractivity contribution in [3.63, 3.8) is 0 Å². The van der Waals surface area contributed by atoms with Gasteiger partial charge in [-0.15, -0.1) is 0 Å². The Morgan fingerprint density at radius 1 is 1.19 bits per heavy atom. The number of epoxide rings is 1. The minimum atomic E-state index is -1.37. The highest BCUT2D eigenvalue weighted by Gasteiger charge is 2.85. The second kappa shape index (κ2) is 6.98. The molecule has 9 nitrogen and oxygen atoms in total. The number of fused-ring (bicyclic) bond motifs is 2. The number of hydrogen-bond acceptors (Lipinski definition) is 9. The second-order valence-electron chi connectivity index (χ2n) is 8.54. The molecular formula is C21H23BrO9. The van der Waals surface area contributed by atoms with Crippen molar-refractivity contribution in [1.29, 1.82) is 0 Å². The van der Waals surface area contributed by atoms with Crippen LogP contribution in [0, 0.1) is 10.8 Å². The van der Waals surface area contributed by atoms with E-state index in [9.17, 15) is 19.2 Å². The summed E-state index contributed by atoms with van der Waals surface area (Å²) in [4.78, 5) is 48.9. The third-order valence-corrected chi connectivity index (χ3v) is 8.07. The fourth-order valence-electron chi connectivity index (χ4n) is 5.31. The van der Waals surface area contributed by atoms with Gasteiger partial charge in [0.05, 0.1) is 23.5 Å². The van der Waals surface area contributed by atoms with Crippen molar-refractivity contribution in [2.75, 3.05) is 13.2 Å². The van der Waals surface area contributed by atoms with Crippen molar-refractivity contribution in [2.45, 2.75) is 58.5 Å². The molecule has 0 aromatic heterocycles. The van der Waals surface area contributed by atoms with E-state index in [2.05, 4.69) is 15.9 Å². The average molecular weight is 499 g/mol. The second-order valence-corrected chi connectivity index (χ2v) is 9.33. The Morgan fingerprint density at radius 3 is 2.35 bits per heavy atom. The number of rotatable bonds is 4. The largest absolute Gasteiger partial charge is 0.465 e. The summed E-state index contributed by atoms with van der Waals surface area (Å²) < 4.78 is 29.2. The van der Waals surface area contributed by atoms with Crippen LogP contribution in [0.4, 0.5) is 0 Å². The summed E-state index contributed by atoms with van der Waals surface area (Å²) in [5, 5.41) is 0. The van der Waals surface area contributed by atoms with Crippen LogP contribution < -0.4 is 0 Å². The minimum Gasteiger partial charge on any atom is -0.465 e. The Kier molecular flexibility index (Phi) is 4.99. The first-order chi connectivity index (χ1) is 14.4. The van der Waals surface area contributed by atoms with E-state index in [4.69, 9.17) is 23.7 Å². The molecule has 0 radical (unpaired) electrons. The molecule has 4 aliphatic rings. The van der Waals surface area contributed by atoms with Gasteiger partial charge in [-0.05, 0) is 18.6 Å². The van der Waals surface area contributed by atoms with Crippen molar-refractivity contribution < 1.29 is 42.9 Å². The van der Waals surface area contributed by atoms with E-state index in [1.54, 1.807) is 13.0 Å². The molecule has 31 heavy (non-hydrogen) atoms. The molecule has 2 bridgehead atoms. The zero-order valence-corrected chi connectivity index (χ0v) is 19.4. The van der Waals surface area contributed by atoms with E-state index < -0.39 is 58.4 Å². The lowest BCUT2D eigenvalue weighted by atomic mass is 9.50. The summed E-state index contributed by atoms with van der Waals surface area (Å²) in [6.07, 6.45) is -1.19. The number of ketones is 1. The molecule has 4 rings (SSSR count). The van der Waals surface area contributed by atoms with Crippen molar-refractivity contribution >= 4 is 39.6 Å². The molecule has 168 valence electrons. The molecule has 1 spiro atoms. The first kappa shape index (κ1) is 22.2. The summed E-state index contributed by atoms with van der Waals surface area (Å²) >= 11 is 3.57.